The zero-order chi connectivity index (χ0) is 15.5. The number of carbonyl (C=O) groups is 1. The van der Waals surface area contributed by atoms with Crippen molar-refractivity contribution in [1.82, 2.24) is 4.90 Å². The molecular weight excluding hydrogens is 262 g/mol. The van der Waals surface area contributed by atoms with E-state index in [4.69, 9.17) is 11.2 Å². The Kier molecular flexibility index (Phi) is 4.57. The molecule has 1 heterocycles. The van der Waals surface area contributed by atoms with Gasteiger partial charge >= 0.3 is 6.09 Å². The Balaban J connectivity index is 2.25. The third-order valence-corrected chi connectivity index (χ3v) is 3.60. The van der Waals surface area contributed by atoms with E-state index in [2.05, 4.69) is 18.1 Å². The highest BCUT2D eigenvalue weighted by atomic mass is 16.6. The molecule has 1 atom stereocenters. The van der Waals surface area contributed by atoms with Crippen molar-refractivity contribution in [2.75, 3.05) is 6.54 Å². The molecule has 1 aromatic rings. The standard InChI is InChI=1S/C18H23NO2/c1-5-6-11-16-15-10-8-7-9-14(15)12-13-19(16)17(20)21-18(2,3)4/h1,7-10,16H,6,11-13H2,2-4H3. The second-order valence-electron chi connectivity index (χ2n) is 6.38. The summed E-state index contributed by atoms with van der Waals surface area (Å²) < 4.78 is 5.54. The molecule has 0 aliphatic carbocycles. The summed E-state index contributed by atoms with van der Waals surface area (Å²) in [6, 6.07) is 8.29. The molecule has 1 aromatic carbocycles. The summed E-state index contributed by atoms with van der Waals surface area (Å²) in [5, 5.41) is 0. The van der Waals surface area contributed by atoms with Crippen molar-refractivity contribution >= 4 is 6.09 Å². The molecule has 2 rings (SSSR count). The number of nitrogens with zero attached hydrogens (tertiary/aromatic N) is 1. The van der Waals surface area contributed by atoms with E-state index >= 15 is 0 Å². The lowest BCUT2D eigenvalue weighted by atomic mass is 9.90. The van der Waals surface area contributed by atoms with Crippen LogP contribution in [0.25, 0.3) is 0 Å². The number of carbonyl (C=O) groups excluding carboxylic acids is 1. The molecule has 112 valence electrons. The zero-order valence-corrected chi connectivity index (χ0v) is 13.1. The lowest BCUT2D eigenvalue weighted by Gasteiger charge is -2.38. The fourth-order valence-electron chi connectivity index (χ4n) is 2.72. The fourth-order valence-corrected chi connectivity index (χ4v) is 2.72. The van der Waals surface area contributed by atoms with Crippen LogP contribution >= 0.6 is 0 Å². The maximum absolute atomic E-state index is 12.4. The van der Waals surface area contributed by atoms with E-state index in [1.54, 1.807) is 0 Å². The van der Waals surface area contributed by atoms with Gasteiger partial charge < -0.3 is 9.64 Å². The Morgan fingerprint density at radius 3 is 2.81 bits per heavy atom. The molecule has 0 N–H and O–H groups in total. The highest BCUT2D eigenvalue weighted by molar-refractivity contribution is 5.69. The minimum absolute atomic E-state index is 0.0147. The molecule has 0 bridgehead atoms. The van der Waals surface area contributed by atoms with Gasteiger partial charge in [0.1, 0.15) is 5.60 Å². The average Bonchev–Trinajstić information content (AvgIpc) is 2.42. The van der Waals surface area contributed by atoms with Gasteiger partial charge in [0.2, 0.25) is 0 Å². The van der Waals surface area contributed by atoms with Gasteiger partial charge in [-0.15, -0.1) is 12.3 Å². The predicted octanol–water partition coefficient (Wildman–Crippen LogP) is 3.93. The number of hydrogen-bond acceptors (Lipinski definition) is 2. The first-order valence-electron chi connectivity index (χ1n) is 7.43. The lowest BCUT2D eigenvalue weighted by Crippen LogP contribution is -2.43. The van der Waals surface area contributed by atoms with Gasteiger partial charge in [0.25, 0.3) is 0 Å². The van der Waals surface area contributed by atoms with Crippen LogP contribution in [0.5, 0.6) is 0 Å². The largest absolute Gasteiger partial charge is 0.444 e. The van der Waals surface area contributed by atoms with Crippen molar-refractivity contribution in [3.8, 4) is 12.3 Å². The number of rotatable bonds is 2. The second kappa shape index (κ2) is 6.22. The van der Waals surface area contributed by atoms with Crippen LogP contribution < -0.4 is 0 Å². The number of hydrogen-bond donors (Lipinski definition) is 0. The van der Waals surface area contributed by atoms with E-state index < -0.39 is 5.60 Å². The smallest absolute Gasteiger partial charge is 0.410 e. The van der Waals surface area contributed by atoms with Crippen molar-refractivity contribution < 1.29 is 9.53 Å². The molecule has 0 saturated carbocycles. The first-order chi connectivity index (χ1) is 9.92. The summed E-state index contributed by atoms with van der Waals surface area (Å²) in [5.41, 5.74) is 2.02. The minimum Gasteiger partial charge on any atom is -0.444 e. The van der Waals surface area contributed by atoms with Crippen LogP contribution in [0.1, 0.15) is 50.8 Å². The Morgan fingerprint density at radius 1 is 1.43 bits per heavy atom. The summed E-state index contributed by atoms with van der Waals surface area (Å²) >= 11 is 0. The molecule has 3 heteroatoms. The van der Waals surface area contributed by atoms with Gasteiger partial charge in [-0.25, -0.2) is 4.79 Å². The molecule has 0 fully saturated rings. The first-order valence-corrected chi connectivity index (χ1v) is 7.43. The highest BCUT2D eigenvalue weighted by Crippen LogP contribution is 2.34. The minimum atomic E-state index is -0.481. The van der Waals surface area contributed by atoms with E-state index in [0.717, 1.165) is 12.8 Å². The second-order valence-corrected chi connectivity index (χ2v) is 6.38. The van der Waals surface area contributed by atoms with Gasteiger partial charge in [-0.1, -0.05) is 24.3 Å². The van der Waals surface area contributed by atoms with Crippen LogP contribution in [0.15, 0.2) is 24.3 Å². The Labute approximate surface area is 127 Å². The fraction of sp³-hybridized carbons (Fsp3) is 0.500. The Hall–Kier alpha value is -1.95. The monoisotopic (exact) mass is 285 g/mol. The molecule has 0 aromatic heterocycles. The summed E-state index contributed by atoms with van der Waals surface area (Å²) in [7, 11) is 0. The molecule has 0 radical (unpaired) electrons. The van der Waals surface area contributed by atoms with Crippen molar-refractivity contribution in [2.24, 2.45) is 0 Å². The molecule has 1 unspecified atom stereocenters. The van der Waals surface area contributed by atoms with E-state index in [0.29, 0.717) is 13.0 Å². The number of fused-ring (bicyclic) bond motifs is 1. The molecule has 1 amide bonds. The molecule has 1 aliphatic rings. The molecule has 21 heavy (non-hydrogen) atoms. The average molecular weight is 285 g/mol. The summed E-state index contributed by atoms with van der Waals surface area (Å²) in [6.45, 7) is 6.35. The van der Waals surface area contributed by atoms with Crippen molar-refractivity contribution in [3.63, 3.8) is 0 Å². The quantitative estimate of drug-likeness (QED) is 0.770. The maximum Gasteiger partial charge on any atom is 0.410 e. The van der Waals surface area contributed by atoms with Gasteiger partial charge in [0, 0.05) is 13.0 Å². The Morgan fingerprint density at radius 2 is 2.14 bits per heavy atom. The van der Waals surface area contributed by atoms with E-state index in [9.17, 15) is 4.79 Å². The van der Waals surface area contributed by atoms with Crippen LogP contribution in [0.4, 0.5) is 4.79 Å². The van der Waals surface area contributed by atoms with Crippen LogP contribution in [0, 0.1) is 12.3 Å². The topological polar surface area (TPSA) is 29.5 Å². The number of benzene rings is 1. The SMILES string of the molecule is C#CCCC1c2ccccc2CCN1C(=O)OC(C)(C)C. The molecule has 0 spiro atoms. The number of amides is 1. The summed E-state index contributed by atoms with van der Waals surface area (Å²) in [5.74, 6) is 2.67. The van der Waals surface area contributed by atoms with E-state index in [1.807, 2.05) is 37.8 Å². The van der Waals surface area contributed by atoms with Crippen molar-refractivity contribution in [1.29, 1.82) is 0 Å². The third-order valence-electron chi connectivity index (χ3n) is 3.60. The first kappa shape index (κ1) is 15.4. The van der Waals surface area contributed by atoms with Gasteiger partial charge in [-0.05, 0) is 44.7 Å². The van der Waals surface area contributed by atoms with Crippen molar-refractivity contribution in [3.05, 3.63) is 35.4 Å². The molecule has 0 saturated heterocycles. The van der Waals surface area contributed by atoms with Crippen LogP contribution in [0.3, 0.4) is 0 Å². The van der Waals surface area contributed by atoms with Gasteiger partial charge in [0.15, 0.2) is 0 Å². The lowest BCUT2D eigenvalue weighted by molar-refractivity contribution is 0.0134. The third kappa shape index (κ3) is 3.78. The predicted molar refractivity (Wildman–Crippen MR) is 83.9 cm³/mol. The van der Waals surface area contributed by atoms with Crippen LogP contribution in [0.2, 0.25) is 0 Å². The van der Waals surface area contributed by atoms with Crippen molar-refractivity contribution in [2.45, 2.75) is 51.7 Å². The van der Waals surface area contributed by atoms with Crippen LogP contribution in [-0.4, -0.2) is 23.1 Å². The van der Waals surface area contributed by atoms with Gasteiger partial charge in [0.05, 0.1) is 6.04 Å². The molecular formula is C18H23NO2. The summed E-state index contributed by atoms with van der Waals surface area (Å²) in [4.78, 5) is 14.3. The molecule has 1 aliphatic heterocycles. The Bertz CT molecular complexity index is 551. The number of terminal acetylenes is 1. The zero-order valence-electron chi connectivity index (χ0n) is 13.1. The summed E-state index contributed by atoms with van der Waals surface area (Å²) in [6.07, 6.45) is 7.44. The maximum atomic E-state index is 12.4. The molecule has 3 nitrogen and oxygen atoms in total. The number of ether oxygens (including phenoxy) is 1. The highest BCUT2D eigenvalue weighted by Gasteiger charge is 2.32. The van der Waals surface area contributed by atoms with E-state index in [1.165, 1.54) is 11.1 Å². The van der Waals surface area contributed by atoms with Gasteiger partial charge in [-0.2, -0.15) is 0 Å². The van der Waals surface area contributed by atoms with Gasteiger partial charge in [-0.3, -0.25) is 0 Å². The normalized spacial score (nSPS) is 17.8. The van der Waals surface area contributed by atoms with Crippen LogP contribution in [-0.2, 0) is 11.2 Å². The van der Waals surface area contributed by atoms with E-state index in [-0.39, 0.29) is 12.1 Å².